The molecule has 2 aromatic carbocycles. The van der Waals surface area contributed by atoms with E-state index in [-0.39, 0.29) is 46.4 Å². The lowest BCUT2D eigenvalue weighted by Crippen LogP contribution is -2.42. The van der Waals surface area contributed by atoms with Gasteiger partial charge in [-0.2, -0.15) is 0 Å². The summed E-state index contributed by atoms with van der Waals surface area (Å²) < 4.78 is 39.8. The third-order valence-corrected chi connectivity index (χ3v) is 8.57. The quantitative estimate of drug-likeness (QED) is 0.286. The van der Waals surface area contributed by atoms with Crippen LogP contribution in [0.2, 0.25) is 5.02 Å². The number of sulfonamides is 1. The number of rotatable bonds is 9. The van der Waals surface area contributed by atoms with Crippen molar-refractivity contribution in [3.8, 4) is 5.75 Å². The van der Waals surface area contributed by atoms with Crippen LogP contribution in [0.5, 0.6) is 5.75 Å². The lowest BCUT2D eigenvalue weighted by Gasteiger charge is -2.26. The van der Waals surface area contributed by atoms with E-state index < -0.39 is 31.5 Å². The van der Waals surface area contributed by atoms with E-state index in [1.54, 1.807) is 0 Å². The standard InChI is InChI=1S/C23H30ClN3O7S/c1-3-15(17-7-4-12(2)34-17)25-18-19(22(30)21(18)29)26-16-6-5-14(24)23(20(16)28)35(31,32)27-13-8-10-33-11-9-13/h5-6,12-13,15,17,25-28H,3-4,7-11H2,1-2H3/t12-,15-,17-/m1/s1. The molecule has 2 aliphatic rings. The van der Waals surface area contributed by atoms with E-state index in [0.29, 0.717) is 32.5 Å². The minimum atomic E-state index is -4.17. The fourth-order valence-corrected chi connectivity index (χ4v) is 6.49. The van der Waals surface area contributed by atoms with Crippen LogP contribution in [0.3, 0.4) is 0 Å². The zero-order valence-electron chi connectivity index (χ0n) is 19.6. The summed E-state index contributed by atoms with van der Waals surface area (Å²) >= 11 is 6.15. The number of anilines is 3. The number of nitrogens with one attached hydrogen (secondary N) is 3. The SMILES string of the molecule is CC[C@@H](Nc1c(Nc2ccc(Cl)c(S(=O)(=O)NC3CCOCC3)c2O)c(=O)c1=O)[C@H]1CC[C@@H](C)O1. The number of benzene rings is 1. The van der Waals surface area contributed by atoms with Gasteiger partial charge in [0.05, 0.1) is 29.0 Å². The van der Waals surface area contributed by atoms with Crippen LogP contribution in [0.15, 0.2) is 26.6 Å². The molecule has 35 heavy (non-hydrogen) atoms. The Balaban J connectivity index is 1.58. The van der Waals surface area contributed by atoms with Gasteiger partial charge in [0, 0.05) is 19.3 Å². The van der Waals surface area contributed by atoms with E-state index in [9.17, 15) is 23.1 Å². The maximum atomic E-state index is 13.0. The Morgan fingerprint density at radius 2 is 1.80 bits per heavy atom. The van der Waals surface area contributed by atoms with Crippen LogP contribution in [0, 0.1) is 0 Å². The first-order chi connectivity index (χ1) is 16.6. The molecule has 0 aliphatic carbocycles. The van der Waals surface area contributed by atoms with E-state index in [0.717, 1.165) is 12.8 Å². The van der Waals surface area contributed by atoms with Crippen molar-refractivity contribution in [3.05, 3.63) is 37.6 Å². The number of ether oxygens (including phenoxy) is 2. The molecule has 0 spiro atoms. The van der Waals surface area contributed by atoms with E-state index >= 15 is 0 Å². The van der Waals surface area contributed by atoms with Crippen LogP contribution in [-0.2, 0) is 19.5 Å². The summed E-state index contributed by atoms with van der Waals surface area (Å²) in [5.74, 6) is -0.643. The Labute approximate surface area is 208 Å². The van der Waals surface area contributed by atoms with Gasteiger partial charge in [0.25, 0.3) is 10.9 Å². The smallest absolute Gasteiger partial charge is 0.253 e. The molecule has 0 aromatic heterocycles. The van der Waals surface area contributed by atoms with Crippen LogP contribution >= 0.6 is 11.6 Å². The predicted octanol–water partition coefficient (Wildman–Crippen LogP) is 2.60. The Morgan fingerprint density at radius 3 is 2.43 bits per heavy atom. The van der Waals surface area contributed by atoms with Crippen molar-refractivity contribution in [2.45, 2.75) is 75.1 Å². The molecule has 192 valence electrons. The Hall–Kier alpha value is -2.18. The highest BCUT2D eigenvalue weighted by Gasteiger charge is 2.33. The van der Waals surface area contributed by atoms with Gasteiger partial charge in [0.15, 0.2) is 5.75 Å². The second kappa shape index (κ2) is 10.4. The fourth-order valence-electron chi connectivity index (χ4n) is 4.55. The molecule has 4 rings (SSSR count). The van der Waals surface area contributed by atoms with Gasteiger partial charge >= 0.3 is 0 Å². The zero-order valence-corrected chi connectivity index (χ0v) is 21.2. The van der Waals surface area contributed by atoms with E-state index in [1.165, 1.54) is 12.1 Å². The van der Waals surface area contributed by atoms with Gasteiger partial charge in [-0.05, 0) is 51.2 Å². The first kappa shape index (κ1) is 25.9. The van der Waals surface area contributed by atoms with Gasteiger partial charge < -0.3 is 25.2 Å². The summed E-state index contributed by atoms with van der Waals surface area (Å²) in [6.07, 6.45) is 3.45. The zero-order chi connectivity index (χ0) is 25.3. The van der Waals surface area contributed by atoms with Gasteiger partial charge in [0.2, 0.25) is 10.0 Å². The summed E-state index contributed by atoms with van der Waals surface area (Å²) in [4.78, 5) is 24.2. The molecule has 12 heteroatoms. The minimum absolute atomic E-state index is 0.0437. The van der Waals surface area contributed by atoms with Crippen molar-refractivity contribution in [2.75, 3.05) is 23.8 Å². The van der Waals surface area contributed by atoms with Crippen molar-refractivity contribution >= 4 is 38.7 Å². The van der Waals surface area contributed by atoms with Crippen LogP contribution in [0.4, 0.5) is 17.1 Å². The van der Waals surface area contributed by atoms with E-state index in [1.807, 2.05) is 13.8 Å². The third-order valence-electron chi connectivity index (χ3n) is 6.55. The molecule has 10 nitrogen and oxygen atoms in total. The van der Waals surface area contributed by atoms with Gasteiger partial charge in [-0.1, -0.05) is 18.5 Å². The van der Waals surface area contributed by atoms with Gasteiger partial charge in [-0.25, -0.2) is 13.1 Å². The van der Waals surface area contributed by atoms with E-state index in [4.69, 9.17) is 21.1 Å². The summed E-state index contributed by atoms with van der Waals surface area (Å²) in [6.45, 7) is 4.80. The molecule has 2 saturated heterocycles. The summed E-state index contributed by atoms with van der Waals surface area (Å²) in [6, 6.07) is 2.13. The normalized spacial score (nSPS) is 22.4. The molecule has 2 aromatic rings. The van der Waals surface area contributed by atoms with Crippen molar-refractivity contribution in [3.63, 3.8) is 0 Å². The average Bonchev–Trinajstić information content (AvgIpc) is 3.25. The highest BCUT2D eigenvalue weighted by atomic mass is 35.5. The summed E-state index contributed by atoms with van der Waals surface area (Å²) in [5, 5.41) is 16.5. The second-order valence-corrected chi connectivity index (χ2v) is 11.1. The lowest BCUT2D eigenvalue weighted by atomic mass is 10.0. The van der Waals surface area contributed by atoms with Crippen molar-refractivity contribution in [2.24, 2.45) is 0 Å². The second-order valence-electron chi connectivity index (χ2n) is 9.04. The molecule has 0 unspecified atom stereocenters. The molecule has 0 saturated carbocycles. The van der Waals surface area contributed by atoms with Crippen LogP contribution in [-0.4, -0.2) is 51.0 Å². The number of halogens is 1. The number of hydrogen-bond donors (Lipinski definition) is 4. The Kier molecular flexibility index (Phi) is 7.72. The molecule has 2 heterocycles. The van der Waals surface area contributed by atoms with Crippen LogP contribution in [0.1, 0.15) is 46.0 Å². The van der Waals surface area contributed by atoms with Gasteiger partial charge in [-0.3, -0.25) is 9.59 Å². The molecular weight excluding hydrogens is 498 g/mol. The number of aromatic hydroxyl groups is 1. The van der Waals surface area contributed by atoms with Gasteiger partial charge in [-0.15, -0.1) is 0 Å². The molecule has 4 N–H and O–H groups in total. The molecule has 0 amide bonds. The lowest BCUT2D eigenvalue weighted by molar-refractivity contribution is 0.0438. The average molecular weight is 528 g/mol. The molecule has 0 bridgehead atoms. The molecule has 0 radical (unpaired) electrons. The third kappa shape index (κ3) is 5.34. The molecule has 2 fully saturated rings. The Bertz CT molecular complexity index is 1250. The molecular formula is C23H30ClN3O7S. The highest BCUT2D eigenvalue weighted by Crippen LogP contribution is 2.39. The number of hydrogen-bond acceptors (Lipinski definition) is 9. The number of phenols is 1. The molecule has 3 atom stereocenters. The van der Waals surface area contributed by atoms with E-state index in [2.05, 4.69) is 15.4 Å². The van der Waals surface area contributed by atoms with Crippen LogP contribution in [0.25, 0.3) is 0 Å². The van der Waals surface area contributed by atoms with Crippen molar-refractivity contribution < 1.29 is 23.0 Å². The summed E-state index contributed by atoms with van der Waals surface area (Å²) in [5.41, 5.74) is -1.46. The van der Waals surface area contributed by atoms with Gasteiger partial charge in [0.1, 0.15) is 16.3 Å². The first-order valence-corrected chi connectivity index (χ1v) is 13.6. The number of phenolic OH excluding ortho intramolecular Hbond substituents is 1. The minimum Gasteiger partial charge on any atom is -0.504 e. The molecule has 2 aliphatic heterocycles. The predicted molar refractivity (Wildman–Crippen MR) is 133 cm³/mol. The maximum Gasteiger partial charge on any atom is 0.253 e. The topological polar surface area (TPSA) is 143 Å². The maximum absolute atomic E-state index is 13.0. The monoisotopic (exact) mass is 527 g/mol. The first-order valence-electron chi connectivity index (χ1n) is 11.8. The Morgan fingerprint density at radius 1 is 1.11 bits per heavy atom. The largest absolute Gasteiger partial charge is 0.504 e. The summed E-state index contributed by atoms with van der Waals surface area (Å²) in [7, 11) is -4.17. The fraction of sp³-hybridized carbons (Fsp3) is 0.565. The van der Waals surface area contributed by atoms with Crippen LogP contribution < -0.4 is 26.2 Å². The van der Waals surface area contributed by atoms with Crippen molar-refractivity contribution in [1.82, 2.24) is 4.72 Å². The van der Waals surface area contributed by atoms with Crippen molar-refractivity contribution in [1.29, 1.82) is 0 Å². The highest BCUT2D eigenvalue weighted by molar-refractivity contribution is 7.89.